The van der Waals surface area contributed by atoms with Crippen LogP contribution >= 0.6 is 0 Å². The zero-order valence-corrected chi connectivity index (χ0v) is 14.6. The lowest BCUT2D eigenvalue weighted by Gasteiger charge is -2.27. The maximum Gasteiger partial charge on any atom is 0.225 e. The maximum absolute atomic E-state index is 5.46. The van der Waals surface area contributed by atoms with Gasteiger partial charge in [-0.2, -0.15) is 0 Å². The van der Waals surface area contributed by atoms with Gasteiger partial charge in [-0.05, 0) is 45.2 Å². The van der Waals surface area contributed by atoms with Gasteiger partial charge in [0, 0.05) is 42.8 Å². The summed E-state index contributed by atoms with van der Waals surface area (Å²) in [6.07, 6.45) is 7.35. The summed E-state index contributed by atoms with van der Waals surface area (Å²) in [4.78, 5) is 16.1. The minimum atomic E-state index is 0.679. The Hall–Kier alpha value is -2.76. The molecule has 0 N–H and O–H groups in total. The van der Waals surface area contributed by atoms with Crippen LogP contribution in [0.3, 0.4) is 0 Å². The van der Waals surface area contributed by atoms with Crippen molar-refractivity contribution >= 4 is 5.95 Å². The molecule has 0 saturated carbocycles. The molecule has 0 amide bonds. The van der Waals surface area contributed by atoms with Crippen LogP contribution in [0, 0.1) is 13.8 Å². The van der Waals surface area contributed by atoms with Crippen LogP contribution in [0.15, 0.2) is 35.1 Å². The topological polar surface area (TPSA) is 67.9 Å². The predicted octanol–water partition coefficient (Wildman–Crippen LogP) is 3.80. The van der Waals surface area contributed by atoms with Crippen LogP contribution in [-0.2, 0) is 0 Å². The first-order valence-electron chi connectivity index (χ1n) is 8.69. The molecule has 4 rings (SSSR count). The lowest BCUT2D eigenvalue weighted by Crippen LogP contribution is -2.31. The molecule has 0 unspecified atom stereocenters. The maximum atomic E-state index is 5.46. The van der Waals surface area contributed by atoms with Gasteiger partial charge < -0.3 is 9.42 Å². The lowest BCUT2D eigenvalue weighted by atomic mass is 10.1. The molecule has 0 bridgehead atoms. The summed E-state index contributed by atoms with van der Waals surface area (Å²) in [5.41, 5.74) is 4.44. The van der Waals surface area contributed by atoms with Crippen LogP contribution in [0.25, 0.3) is 22.6 Å². The smallest absolute Gasteiger partial charge is 0.225 e. The zero-order valence-electron chi connectivity index (χ0n) is 14.6. The first kappa shape index (κ1) is 15.7. The van der Waals surface area contributed by atoms with E-state index >= 15 is 0 Å². The third kappa shape index (κ3) is 3.24. The molecule has 3 aromatic rings. The Morgan fingerprint density at radius 1 is 0.960 bits per heavy atom. The molecule has 25 heavy (non-hydrogen) atoms. The number of nitrogens with zero attached hydrogens (tertiary/aromatic N) is 5. The van der Waals surface area contributed by atoms with Crippen molar-refractivity contribution in [3.05, 3.63) is 42.0 Å². The van der Waals surface area contributed by atoms with Gasteiger partial charge in [0.25, 0.3) is 0 Å². The summed E-state index contributed by atoms with van der Waals surface area (Å²) in [6, 6.07) is 5.94. The molecule has 1 aliphatic rings. The third-order valence-electron chi connectivity index (χ3n) is 4.49. The molecule has 1 fully saturated rings. The van der Waals surface area contributed by atoms with Crippen molar-refractivity contribution in [2.45, 2.75) is 33.1 Å². The average molecular weight is 335 g/mol. The highest BCUT2D eigenvalue weighted by Gasteiger charge is 2.19. The molecule has 0 radical (unpaired) electrons. The van der Waals surface area contributed by atoms with Gasteiger partial charge in [0.1, 0.15) is 0 Å². The number of aryl methyl sites for hydroxylation is 2. The van der Waals surface area contributed by atoms with Gasteiger partial charge in [-0.15, -0.1) is 0 Å². The Bertz CT molecular complexity index is 866. The number of anilines is 1. The Balaban J connectivity index is 1.81. The van der Waals surface area contributed by atoms with E-state index in [4.69, 9.17) is 9.51 Å². The molecule has 128 valence electrons. The highest BCUT2D eigenvalue weighted by atomic mass is 16.5. The molecule has 0 spiro atoms. The zero-order chi connectivity index (χ0) is 17.2. The highest BCUT2D eigenvalue weighted by Crippen LogP contribution is 2.32. The highest BCUT2D eigenvalue weighted by molar-refractivity contribution is 5.78. The summed E-state index contributed by atoms with van der Waals surface area (Å²) >= 11 is 0. The summed E-state index contributed by atoms with van der Waals surface area (Å²) in [5, 5.41) is 4.00. The van der Waals surface area contributed by atoms with Gasteiger partial charge >= 0.3 is 0 Å². The summed E-state index contributed by atoms with van der Waals surface area (Å²) in [6.45, 7) is 5.89. The second-order valence-electron chi connectivity index (χ2n) is 6.50. The summed E-state index contributed by atoms with van der Waals surface area (Å²) in [7, 11) is 0. The summed E-state index contributed by atoms with van der Waals surface area (Å²) < 4.78 is 5.46. The fraction of sp³-hybridized carbons (Fsp3) is 0.368. The van der Waals surface area contributed by atoms with Gasteiger partial charge in [-0.25, -0.2) is 9.97 Å². The molecule has 0 aromatic carbocycles. The number of aromatic nitrogens is 4. The van der Waals surface area contributed by atoms with Crippen LogP contribution in [-0.4, -0.2) is 33.2 Å². The van der Waals surface area contributed by atoms with Crippen molar-refractivity contribution in [3.63, 3.8) is 0 Å². The first-order chi connectivity index (χ1) is 12.2. The molecule has 4 heterocycles. The van der Waals surface area contributed by atoms with Crippen LogP contribution in [0.4, 0.5) is 5.95 Å². The first-order valence-corrected chi connectivity index (χ1v) is 8.69. The number of hydrogen-bond donors (Lipinski definition) is 0. The van der Waals surface area contributed by atoms with Crippen molar-refractivity contribution in [3.8, 4) is 22.6 Å². The molecule has 6 heteroatoms. The van der Waals surface area contributed by atoms with E-state index in [0.29, 0.717) is 5.76 Å². The number of rotatable bonds is 3. The second kappa shape index (κ2) is 6.63. The van der Waals surface area contributed by atoms with Crippen LogP contribution in [0.1, 0.15) is 30.7 Å². The molecular weight excluding hydrogens is 314 g/mol. The third-order valence-corrected chi connectivity index (χ3v) is 4.49. The lowest BCUT2D eigenvalue weighted by molar-refractivity contribution is 0.427. The minimum Gasteiger partial charge on any atom is -0.356 e. The van der Waals surface area contributed by atoms with Crippen molar-refractivity contribution in [1.82, 2.24) is 20.1 Å². The van der Waals surface area contributed by atoms with E-state index in [1.165, 1.54) is 19.3 Å². The fourth-order valence-corrected chi connectivity index (χ4v) is 3.12. The molecule has 6 nitrogen and oxygen atoms in total. The number of pyridine rings is 1. The van der Waals surface area contributed by atoms with E-state index in [1.54, 1.807) is 0 Å². The standard InChI is InChI=1S/C19H21N5O/c1-13-6-7-15(11-20-13)18-16(17-10-14(2)23-25-17)12-21-19(22-18)24-8-4-3-5-9-24/h6-7,10-12H,3-5,8-9H2,1-2H3. The van der Waals surface area contributed by atoms with Gasteiger partial charge in [0.05, 0.1) is 17.0 Å². The van der Waals surface area contributed by atoms with Gasteiger partial charge in [0.2, 0.25) is 5.95 Å². The molecule has 0 aliphatic carbocycles. The van der Waals surface area contributed by atoms with Crippen molar-refractivity contribution in [2.75, 3.05) is 18.0 Å². The second-order valence-corrected chi connectivity index (χ2v) is 6.50. The van der Waals surface area contributed by atoms with E-state index in [1.807, 2.05) is 44.4 Å². The number of hydrogen-bond acceptors (Lipinski definition) is 6. The van der Waals surface area contributed by atoms with Crippen LogP contribution in [0.2, 0.25) is 0 Å². The summed E-state index contributed by atoms with van der Waals surface area (Å²) in [5.74, 6) is 1.45. The van der Waals surface area contributed by atoms with Gasteiger partial charge in [-0.3, -0.25) is 4.98 Å². The Kier molecular flexibility index (Phi) is 4.17. The molecular formula is C19H21N5O. The molecule has 1 saturated heterocycles. The monoisotopic (exact) mass is 335 g/mol. The van der Waals surface area contributed by atoms with E-state index in [-0.39, 0.29) is 0 Å². The quantitative estimate of drug-likeness (QED) is 0.725. The van der Waals surface area contributed by atoms with Crippen molar-refractivity contribution in [2.24, 2.45) is 0 Å². The Morgan fingerprint density at radius 2 is 1.80 bits per heavy atom. The van der Waals surface area contributed by atoms with E-state index in [0.717, 1.165) is 47.2 Å². The normalized spacial score (nSPS) is 14.7. The predicted molar refractivity (Wildman–Crippen MR) is 96.3 cm³/mol. The van der Waals surface area contributed by atoms with E-state index < -0.39 is 0 Å². The Morgan fingerprint density at radius 3 is 2.48 bits per heavy atom. The van der Waals surface area contributed by atoms with E-state index in [9.17, 15) is 0 Å². The van der Waals surface area contributed by atoms with Gasteiger partial charge in [-0.1, -0.05) is 5.16 Å². The molecule has 0 atom stereocenters. The van der Waals surface area contributed by atoms with Gasteiger partial charge in [0.15, 0.2) is 5.76 Å². The van der Waals surface area contributed by atoms with Crippen molar-refractivity contribution in [1.29, 1.82) is 0 Å². The van der Waals surface area contributed by atoms with Crippen LogP contribution in [0.5, 0.6) is 0 Å². The Labute approximate surface area is 146 Å². The molecule has 3 aromatic heterocycles. The number of piperidine rings is 1. The van der Waals surface area contributed by atoms with Crippen LogP contribution < -0.4 is 4.90 Å². The molecule has 1 aliphatic heterocycles. The van der Waals surface area contributed by atoms with Crippen molar-refractivity contribution < 1.29 is 4.52 Å². The minimum absolute atomic E-state index is 0.679. The van der Waals surface area contributed by atoms with E-state index in [2.05, 4.69) is 20.0 Å². The SMILES string of the molecule is Cc1ccc(-c2nc(N3CCCCC3)ncc2-c2cc(C)no2)cn1. The fourth-order valence-electron chi connectivity index (χ4n) is 3.12. The largest absolute Gasteiger partial charge is 0.356 e. The average Bonchev–Trinajstić information content (AvgIpc) is 3.09.